The normalized spacial score (nSPS) is 19.9. The van der Waals surface area contributed by atoms with Crippen LogP contribution in [0.4, 0.5) is 5.69 Å². The zero-order chi connectivity index (χ0) is 18.9. The summed E-state index contributed by atoms with van der Waals surface area (Å²) in [6.07, 6.45) is 1.40. The summed E-state index contributed by atoms with van der Waals surface area (Å²) in [7, 11) is 1.68. The molecule has 0 fully saturated rings. The van der Waals surface area contributed by atoms with E-state index in [4.69, 9.17) is 17.3 Å². The van der Waals surface area contributed by atoms with Crippen LogP contribution in [0.25, 0.3) is 0 Å². The Morgan fingerprint density at radius 1 is 1.35 bits per heavy atom. The van der Waals surface area contributed by atoms with E-state index in [1.165, 1.54) is 17.2 Å². The number of likely N-dealkylation sites (N-methyl/N-ethyl adjacent to an activating group) is 1. The third-order valence-corrected chi connectivity index (χ3v) is 4.40. The van der Waals surface area contributed by atoms with E-state index < -0.39 is 5.54 Å². The highest BCUT2D eigenvalue weighted by Crippen LogP contribution is 2.31. The second kappa shape index (κ2) is 6.76. The largest absolute Gasteiger partial charge is 0.386 e. The van der Waals surface area contributed by atoms with Crippen LogP contribution in [-0.4, -0.2) is 41.1 Å². The van der Waals surface area contributed by atoms with Crippen molar-refractivity contribution in [2.75, 3.05) is 18.9 Å². The average molecular weight is 372 g/mol. The molecular formula is C18H18ClN5O2. The maximum Gasteiger partial charge on any atom is 0.274 e. The molecule has 2 aromatic rings. The number of carbonyl (C=O) groups is 2. The number of halogens is 1. The van der Waals surface area contributed by atoms with Crippen LogP contribution in [0.2, 0.25) is 5.02 Å². The molecule has 3 N–H and O–H groups in total. The van der Waals surface area contributed by atoms with Gasteiger partial charge in [0.25, 0.3) is 11.8 Å². The molecule has 0 spiro atoms. The van der Waals surface area contributed by atoms with Gasteiger partial charge >= 0.3 is 0 Å². The minimum Gasteiger partial charge on any atom is -0.386 e. The van der Waals surface area contributed by atoms with Crippen molar-refractivity contribution in [3.05, 3.63) is 58.9 Å². The topological polar surface area (TPSA) is 101 Å². The Hall–Kier alpha value is -2.93. The Kier molecular flexibility index (Phi) is 4.65. The van der Waals surface area contributed by atoms with Crippen LogP contribution in [0.3, 0.4) is 0 Å². The number of nitrogens with zero attached hydrogens (tertiary/aromatic N) is 3. The van der Waals surface area contributed by atoms with Crippen molar-refractivity contribution in [1.82, 2.24) is 9.88 Å². The summed E-state index contributed by atoms with van der Waals surface area (Å²) in [5.74, 6) is -0.150. The lowest BCUT2D eigenvalue weighted by Crippen LogP contribution is -2.51. The second-order valence-corrected chi connectivity index (χ2v) is 6.67. The number of anilines is 1. The number of amides is 2. The number of aliphatic imine (C=N–C) groups is 1. The highest BCUT2D eigenvalue weighted by atomic mass is 35.5. The Bertz CT molecular complexity index is 897. The smallest absolute Gasteiger partial charge is 0.274 e. The third kappa shape index (κ3) is 3.39. The van der Waals surface area contributed by atoms with Crippen molar-refractivity contribution >= 4 is 34.9 Å². The number of hydrogen-bond acceptors (Lipinski definition) is 5. The van der Waals surface area contributed by atoms with Crippen LogP contribution < -0.4 is 11.1 Å². The Labute approximate surface area is 155 Å². The van der Waals surface area contributed by atoms with Gasteiger partial charge in [0.05, 0.1) is 11.6 Å². The van der Waals surface area contributed by atoms with Gasteiger partial charge < -0.3 is 16.0 Å². The lowest BCUT2D eigenvalue weighted by atomic mass is 9.89. The highest BCUT2D eigenvalue weighted by Gasteiger charge is 2.40. The van der Waals surface area contributed by atoms with Gasteiger partial charge in [-0.15, -0.1) is 0 Å². The molecule has 0 bridgehead atoms. The van der Waals surface area contributed by atoms with Crippen molar-refractivity contribution in [3.63, 3.8) is 0 Å². The lowest BCUT2D eigenvalue weighted by molar-refractivity contribution is -0.135. The highest BCUT2D eigenvalue weighted by molar-refractivity contribution is 6.30. The van der Waals surface area contributed by atoms with Crippen molar-refractivity contribution < 1.29 is 9.59 Å². The third-order valence-electron chi connectivity index (χ3n) is 4.17. The van der Waals surface area contributed by atoms with E-state index in [1.54, 1.807) is 44.3 Å². The molecule has 0 unspecified atom stereocenters. The van der Waals surface area contributed by atoms with Gasteiger partial charge in [0.2, 0.25) is 0 Å². The average Bonchev–Trinajstić information content (AvgIpc) is 2.60. The maximum atomic E-state index is 12.6. The quantitative estimate of drug-likeness (QED) is 0.861. The van der Waals surface area contributed by atoms with Crippen LogP contribution in [0, 0.1) is 0 Å². The molecule has 1 atom stereocenters. The fraction of sp³-hybridized carbons (Fsp3) is 0.222. The molecule has 8 heteroatoms. The molecule has 1 aliphatic heterocycles. The number of nitrogens with one attached hydrogen (secondary N) is 1. The molecule has 0 aliphatic carbocycles. The van der Waals surface area contributed by atoms with E-state index >= 15 is 0 Å². The number of amidine groups is 1. The Morgan fingerprint density at radius 2 is 2.12 bits per heavy atom. The van der Waals surface area contributed by atoms with Crippen molar-refractivity contribution in [1.29, 1.82) is 0 Å². The molecule has 0 saturated heterocycles. The van der Waals surface area contributed by atoms with Crippen LogP contribution in [0.5, 0.6) is 0 Å². The van der Waals surface area contributed by atoms with E-state index in [1.807, 2.05) is 0 Å². The number of pyridine rings is 1. The maximum absolute atomic E-state index is 12.6. The summed E-state index contributed by atoms with van der Waals surface area (Å²) in [5.41, 5.74) is 6.15. The summed E-state index contributed by atoms with van der Waals surface area (Å²) in [6, 6.07) is 10.1. The summed E-state index contributed by atoms with van der Waals surface area (Å²) < 4.78 is 0. The number of benzene rings is 1. The van der Waals surface area contributed by atoms with Gasteiger partial charge in [-0.3, -0.25) is 9.59 Å². The lowest BCUT2D eigenvalue weighted by Gasteiger charge is -2.34. The van der Waals surface area contributed by atoms with Crippen molar-refractivity contribution in [2.45, 2.75) is 12.5 Å². The Morgan fingerprint density at radius 3 is 2.81 bits per heavy atom. The molecule has 2 heterocycles. The zero-order valence-corrected chi connectivity index (χ0v) is 15.1. The first-order valence-electron chi connectivity index (χ1n) is 7.93. The molecule has 3 rings (SSSR count). The van der Waals surface area contributed by atoms with E-state index in [2.05, 4.69) is 15.3 Å². The van der Waals surface area contributed by atoms with Gasteiger partial charge in [0.15, 0.2) is 5.54 Å². The molecule has 134 valence electrons. The molecule has 2 amide bonds. The molecule has 1 aromatic heterocycles. The van der Waals surface area contributed by atoms with Crippen molar-refractivity contribution in [3.8, 4) is 0 Å². The van der Waals surface area contributed by atoms with Crippen LogP contribution in [0.1, 0.15) is 23.0 Å². The molecule has 0 saturated carbocycles. The van der Waals surface area contributed by atoms with E-state index in [9.17, 15) is 9.59 Å². The molecule has 1 aliphatic rings. The van der Waals surface area contributed by atoms with Gasteiger partial charge in [-0.2, -0.15) is 0 Å². The summed E-state index contributed by atoms with van der Waals surface area (Å²) >= 11 is 5.78. The number of carbonyl (C=O) groups excluding carboxylic acids is 2. The number of nitrogens with two attached hydrogens (primary N) is 1. The number of aromatic nitrogens is 1. The second-order valence-electron chi connectivity index (χ2n) is 6.23. The van der Waals surface area contributed by atoms with Gasteiger partial charge in [0, 0.05) is 18.9 Å². The summed E-state index contributed by atoms with van der Waals surface area (Å²) in [4.78, 5) is 34.8. The Balaban J connectivity index is 1.89. The zero-order valence-electron chi connectivity index (χ0n) is 14.4. The SMILES string of the molecule is CN1CC(N)=N[C@](C)(c2cccc(NC(=O)c3ccc(Cl)cn3)c2)C1=O. The molecule has 1 aromatic carbocycles. The molecular weight excluding hydrogens is 354 g/mol. The van der Waals surface area contributed by atoms with E-state index in [0.717, 1.165) is 0 Å². The van der Waals surface area contributed by atoms with Gasteiger partial charge in [-0.05, 0) is 36.8 Å². The van der Waals surface area contributed by atoms with Crippen LogP contribution in [-0.2, 0) is 10.3 Å². The molecule has 0 radical (unpaired) electrons. The predicted octanol–water partition coefficient (Wildman–Crippen LogP) is 2.03. The number of rotatable bonds is 3. The predicted molar refractivity (Wildman–Crippen MR) is 100 cm³/mol. The van der Waals surface area contributed by atoms with Gasteiger partial charge in [-0.25, -0.2) is 9.98 Å². The van der Waals surface area contributed by atoms with Crippen molar-refractivity contribution in [2.24, 2.45) is 10.7 Å². The monoisotopic (exact) mass is 371 g/mol. The summed E-state index contributed by atoms with van der Waals surface area (Å²) in [5, 5.41) is 3.21. The minimum atomic E-state index is -1.13. The molecule has 7 nitrogen and oxygen atoms in total. The fourth-order valence-corrected chi connectivity index (χ4v) is 2.96. The van der Waals surface area contributed by atoms with E-state index in [0.29, 0.717) is 28.7 Å². The molecule has 26 heavy (non-hydrogen) atoms. The first-order valence-corrected chi connectivity index (χ1v) is 8.30. The first-order chi connectivity index (χ1) is 12.3. The summed E-state index contributed by atoms with van der Waals surface area (Å²) in [6.45, 7) is 2.01. The first kappa shape index (κ1) is 17.9. The van der Waals surface area contributed by atoms with Gasteiger partial charge in [-0.1, -0.05) is 23.7 Å². The van der Waals surface area contributed by atoms with Crippen LogP contribution >= 0.6 is 11.6 Å². The number of hydrogen-bond donors (Lipinski definition) is 2. The minimum absolute atomic E-state index is 0.158. The fourth-order valence-electron chi connectivity index (χ4n) is 2.85. The van der Waals surface area contributed by atoms with E-state index in [-0.39, 0.29) is 17.5 Å². The standard InChI is InChI=1S/C18H18ClN5O2/c1-18(17(26)24(2)10-15(20)23-18)11-4-3-5-13(8-11)22-16(25)14-7-6-12(19)9-21-14/h3-9H,10H2,1-2H3,(H2,20,23)(H,22,25)/t18-/m1/s1. The van der Waals surface area contributed by atoms with Crippen LogP contribution in [0.15, 0.2) is 47.6 Å². The van der Waals surface area contributed by atoms with Gasteiger partial charge in [0.1, 0.15) is 11.5 Å².